The van der Waals surface area contributed by atoms with Crippen LogP contribution in [0.5, 0.6) is 5.75 Å². The number of aromatic nitrogens is 1. The molecule has 1 aromatic rings. The monoisotopic (exact) mass is 290 g/mol. The number of pyridine rings is 1. The van der Waals surface area contributed by atoms with Gasteiger partial charge in [-0.2, -0.15) is 0 Å². The van der Waals surface area contributed by atoms with Gasteiger partial charge in [-0.1, -0.05) is 0 Å². The van der Waals surface area contributed by atoms with Crippen molar-refractivity contribution in [3.05, 3.63) is 18.5 Å². The van der Waals surface area contributed by atoms with E-state index >= 15 is 0 Å². The van der Waals surface area contributed by atoms with Crippen LogP contribution in [0.4, 0.5) is 5.69 Å². The molecule has 2 N–H and O–H groups in total. The van der Waals surface area contributed by atoms with Crippen molar-refractivity contribution in [1.29, 1.82) is 0 Å². The van der Waals surface area contributed by atoms with E-state index in [2.05, 4.69) is 20.9 Å². The standard InChI is InChI=1S/C16H26N4O/c17-14-4-3-7-20(13-14)15-10-16(12-18-11-15)21-9-8-19-5-1-2-6-19/h10-12,14H,1-9,13,17H2. The number of anilines is 1. The van der Waals surface area contributed by atoms with Gasteiger partial charge in [-0.3, -0.25) is 9.88 Å². The molecule has 0 radical (unpaired) electrons. The second-order valence-electron chi connectivity index (χ2n) is 6.12. The third-order valence-corrected chi connectivity index (χ3v) is 4.40. The minimum absolute atomic E-state index is 0.276. The molecule has 0 bridgehead atoms. The predicted molar refractivity (Wildman–Crippen MR) is 84.8 cm³/mol. The summed E-state index contributed by atoms with van der Waals surface area (Å²) in [4.78, 5) is 9.09. The second-order valence-corrected chi connectivity index (χ2v) is 6.12. The maximum absolute atomic E-state index is 6.05. The van der Waals surface area contributed by atoms with Gasteiger partial charge in [-0.05, 0) is 38.8 Å². The van der Waals surface area contributed by atoms with Crippen LogP contribution in [0.1, 0.15) is 25.7 Å². The largest absolute Gasteiger partial charge is 0.491 e. The van der Waals surface area contributed by atoms with Gasteiger partial charge >= 0.3 is 0 Å². The zero-order valence-electron chi connectivity index (χ0n) is 12.7. The third kappa shape index (κ3) is 4.08. The van der Waals surface area contributed by atoms with Crippen molar-refractivity contribution >= 4 is 5.69 Å². The van der Waals surface area contributed by atoms with Gasteiger partial charge in [0.1, 0.15) is 12.4 Å². The molecule has 0 saturated carbocycles. The van der Waals surface area contributed by atoms with Crippen LogP contribution in [0.2, 0.25) is 0 Å². The Balaban J connectivity index is 1.52. The molecule has 2 aliphatic rings. The lowest BCUT2D eigenvalue weighted by Crippen LogP contribution is -2.42. The molecule has 3 heterocycles. The zero-order valence-corrected chi connectivity index (χ0v) is 12.7. The maximum Gasteiger partial charge on any atom is 0.139 e. The minimum atomic E-state index is 0.276. The van der Waals surface area contributed by atoms with Crippen molar-refractivity contribution in [3.8, 4) is 5.75 Å². The van der Waals surface area contributed by atoms with Gasteiger partial charge in [0.25, 0.3) is 0 Å². The molecule has 0 amide bonds. The summed E-state index contributed by atoms with van der Waals surface area (Å²) in [6.45, 7) is 6.16. The summed E-state index contributed by atoms with van der Waals surface area (Å²) in [7, 11) is 0. The molecule has 0 aromatic carbocycles. The minimum Gasteiger partial charge on any atom is -0.491 e. The molecule has 0 spiro atoms. The summed E-state index contributed by atoms with van der Waals surface area (Å²) in [5.41, 5.74) is 7.18. The Bertz CT molecular complexity index is 448. The van der Waals surface area contributed by atoms with Crippen LogP contribution >= 0.6 is 0 Å². The van der Waals surface area contributed by atoms with E-state index in [1.165, 1.54) is 25.9 Å². The predicted octanol–water partition coefficient (Wildman–Crippen LogP) is 1.48. The molecule has 116 valence electrons. The first kappa shape index (κ1) is 14.6. The molecule has 2 saturated heterocycles. The fourth-order valence-corrected chi connectivity index (χ4v) is 3.20. The topological polar surface area (TPSA) is 54.6 Å². The highest BCUT2D eigenvalue weighted by molar-refractivity contribution is 5.48. The van der Waals surface area contributed by atoms with Gasteiger partial charge in [0.2, 0.25) is 0 Å². The summed E-state index contributed by atoms with van der Waals surface area (Å²) in [6, 6.07) is 2.37. The number of ether oxygens (including phenoxy) is 1. The molecule has 5 heteroatoms. The van der Waals surface area contributed by atoms with Crippen molar-refractivity contribution in [1.82, 2.24) is 9.88 Å². The fraction of sp³-hybridized carbons (Fsp3) is 0.688. The van der Waals surface area contributed by atoms with E-state index in [9.17, 15) is 0 Å². The van der Waals surface area contributed by atoms with E-state index in [0.717, 1.165) is 50.5 Å². The Labute approximate surface area is 127 Å². The number of piperidine rings is 1. The highest BCUT2D eigenvalue weighted by Crippen LogP contribution is 2.22. The maximum atomic E-state index is 6.05. The van der Waals surface area contributed by atoms with Crippen molar-refractivity contribution in [2.75, 3.05) is 44.2 Å². The van der Waals surface area contributed by atoms with E-state index < -0.39 is 0 Å². The second kappa shape index (κ2) is 7.09. The lowest BCUT2D eigenvalue weighted by molar-refractivity contribution is 0.237. The van der Waals surface area contributed by atoms with Gasteiger partial charge in [-0.25, -0.2) is 0 Å². The molecule has 21 heavy (non-hydrogen) atoms. The first-order chi connectivity index (χ1) is 10.3. The molecule has 1 aromatic heterocycles. The smallest absolute Gasteiger partial charge is 0.139 e. The fourth-order valence-electron chi connectivity index (χ4n) is 3.20. The average Bonchev–Trinajstić information content (AvgIpc) is 3.01. The van der Waals surface area contributed by atoms with Crippen LogP contribution in [-0.4, -0.2) is 55.3 Å². The highest BCUT2D eigenvalue weighted by Gasteiger charge is 2.17. The number of nitrogens with two attached hydrogens (primary N) is 1. The van der Waals surface area contributed by atoms with Crippen LogP contribution in [0.25, 0.3) is 0 Å². The Morgan fingerprint density at radius 1 is 1.19 bits per heavy atom. The third-order valence-electron chi connectivity index (χ3n) is 4.40. The molecule has 1 atom stereocenters. The quantitative estimate of drug-likeness (QED) is 0.890. The van der Waals surface area contributed by atoms with Crippen molar-refractivity contribution in [2.45, 2.75) is 31.7 Å². The van der Waals surface area contributed by atoms with Gasteiger partial charge in [0.05, 0.1) is 18.1 Å². The molecular formula is C16H26N4O. The summed E-state index contributed by atoms with van der Waals surface area (Å²) < 4.78 is 5.86. The number of hydrogen-bond acceptors (Lipinski definition) is 5. The first-order valence-corrected chi connectivity index (χ1v) is 8.12. The molecule has 3 rings (SSSR count). The summed E-state index contributed by atoms with van der Waals surface area (Å²) in [5, 5.41) is 0. The summed E-state index contributed by atoms with van der Waals surface area (Å²) in [5.74, 6) is 0.867. The van der Waals surface area contributed by atoms with Crippen molar-refractivity contribution in [3.63, 3.8) is 0 Å². The van der Waals surface area contributed by atoms with Gasteiger partial charge in [-0.15, -0.1) is 0 Å². The summed E-state index contributed by atoms with van der Waals surface area (Å²) in [6.07, 6.45) is 8.64. The Kier molecular flexibility index (Phi) is 4.93. The Morgan fingerprint density at radius 2 is 2.05 bits per heavy atom. The number of nitrogens with zero attached hydrogens (tertiary/aromatic N) is 3. The first-order valence-electron chi connectivity index (χ1n) is 8.12. The zero-order chi connectivity index (χ0) is 14.5. The van der Waals surface area contributed by atoms with Gasteiger partial charge < -0.3 is 15.4 Å². The lowest BCUT2D eigenvalue weighted by atomic mass is 10.1. The number of hydrogen-bond donors (Lipinski definition) is 1. The molecular weight excluding hydrogens is 264 g/mol. The molecule has 1 unspecified atom stereocenters. The van der Waals surface area contributed by atoms with Crippen molar-refractivity contribution < 1.29 is 4.74 Å². The molecule has 2 aliphatic heterocycles. The number of likely N-dealkylation sites (tertiary alicyclic amines) is 1. The SMILES string of the molecule is NC1CCCN(c2cncc(OCCN3CCCC3)c2)C1. The van der Waals surface area contributed by atoms with E-state index in [0.29, 0.717) is 0 Å². The highest BCUT2D eigenvalue weighted by atomic mass is 16.5. The van der Waals surface area contributed by atoms with Crippen LogP contribution in [0.3, 0.4) is 0 Å². The average molecular weight is 290 g/mol. The van der Waals surface area contributed by atoms with Crippen LogP contribution in [-0.2, 0) is 0 Å². The molecule has 5 nitrogen and oxygen atoms in total. The summed E-state index contributed by atoms with van der Waals surface area (Å²) >= 11 is 0. The molecule has 2 fully saturated rings. The molecule has 0 aliphatic carbocycles. The van der Waals surface area contributed by atoms with E-state index in [1.807, 2.05) is 6.20 Å². The van der Waals surface area contributed by atoms with Crippen LogP contribution < -0.4 is 15.4 Å². The Hall–Kier alpha value is -1.33. The van der Waals surface area contributed by atoms with E-state index in [1.54, 1.807) is 6.20 Å². The van der Waals surface area contributed by atoms with Gasteiger partial charge in [0, 0.05) is 31.7 Å². The van der Waals surface area contributed by atoms with Crippen molar-refractivity contribution in [2.24, 2.45) is 5.73 Å². The lowest BCUT2D eigenvalue weighted by Gasteiger charge is -2.32. The van der Waals surface area contributed by atoms with E-state index in [-0.39, 0.29) is 6.04 Å². The van der Waals surface area contributed by atoms with E-state index in [4.69, 9.17) is 10.5 Å². The van der Waals surface area contributed by atoms with Gasteiger partial charge in [0.15, 0.2) is 0 Å². The Morgan fingerprint density at radius 3 is 2.86 bits per heavy atom. The van der Waals surface area contributed by atoms with Crippen LogP contribution in [0, 0.1) is 0 Å². The normalized spacial score (nSPS) is 23.5. The number of rotatable bonds is 5. The van der Waals surface area contributed by atoms with Crippen LogP contribution in [0.15, 0.2) is 18.5 Å².